The molecule has 0 unspecified atom stereocenters. The molecule has 144 valence electrons. The van der Waals surface area contributed by atoms with Gasteiger partial charge in [0.15, 0.2) is 0 Å². The van der Waals surface area contributed by atoms with Crippen LogP contribution in [0.25, 0.3) is 16.8 Å². The number of benzene rings is 2. The number of hydrogen-bond acceptors (Lipinski definition) is 5. The molecule has 3 aromatic rings. The number of imide groups is 1. The van der Waals surface area contributed by atoms with E-state index < -0.39 is 17.1 Å². The number of amides is 3. The number of rotatable bonds is 4. The van der Waals surface area contributed by atoms with Crippen molar-refractivity contribution in [3.8, 4) is 0 Å². The Morgan fingerprint density at radius 1 is 1.07 bits per heavy atom. The van der Waals surface area contributed by atoms with Crippen molar-refractivity contribution in [3.05, 3.63) is 77.0 Å². The minimum Gasteiger partial charge on any atom is -0.324 e. The lowest BCUT2D eigenvalue weighted by Crippen LogP contribution is -2.36. The average Bonchev–Trinajstić information content (AvgIpc) is 2.96. The molecule has 1 saturated heterocycles. The number of fused-ring (bicyclic) bond motifs is 1. The van der Waals surface area contributed by atoms with Crippen LogP contribution in [0.3, 0.4) is 0 Å². The van der Waals surface area contributed by atoms with Crippen LogP contribution in [0.4, 0.5) is 10.5 Å². The molecule has 0 radical (unpaired) electrons. The molecule has 0 saturated carbocycles. The van der Waals surface area contributed by atoms with Gasteiger partial charge < -0.3 is 5.32 Å². The van der Waals surface area contributed by atoms with Gasteiger partial charge in [-0.2, -0.15) is 0 Å². The van der Waals surface area contributed by atoms with E-state index in [4.69, 9.17) is 0 Å². The Hall–Kier alpha value is -3.45. The Kier molecular flexibility index (Phi) is 5.14. The van der Waals surface area contributed by atoms with E-state index in [2.05, 4.69) is 10.3 Å². The highest BCUT2D eigenvalue weighted by Crippen LogP contribution is 2.32. The second-order valence-electron chi connectivity index (χ2n) is 6.55. The van der Waals surface area contributed by atoms with Crippen LogP contribution in [0.1, 0.15) is 11.4 Å². The lowest BCUT2D eigenvalue weighted by Gasteiger charge is -2.13. The van der Waals surface area contributed by atoms with Crippen molar-refractivity contribution in [2.24, 2.45) is 0 Å². The van der Waals surface area contributed by atoms with Crippen molar-refractivity contribution in [2.45, 2.75) is 6.92 Å². The van der Waals surface area contributed by atoms with Crippen LogP contribution in [0, 0.1) is 6.92 Å². The highest BCUT2D eigenvalue weighted by atomic mass is 32.2. The zero-order chi connectivity index (χ0) is 20.4. The van der Waals surface area contributed by atoms with Gasteiger partial charge in [0, 0.05) is 16.8 Å². The number of carbonyl (C=O) groups is 3. The topological polar surface area (TPSA) is 79.4 Å². The summed E-state index contributed by atoms with van der Waals surface area (Å²) < 4.78 is 0. The molecule has 0 aliphatic carbocycles. The highest BCUT2D eigenvalue weighted by molar-refractivity contribution is 8.18. The molecule has 2 heterocycles. The van der Waals surface area contributed by atoms with Crippen LogP contribution in [-0.4, -0.2) is 33.5 Å². The molecule has 3 amide bonds. The number of nitrogens with zero attached hydrogens (tertiary/aromatic N) is 2. The molecule has 1 fully saturated rings. The molecule has 2 aromatic carbocycles. The first-order valence-electron chi connectivity index (χ1n) is 8.98. The van der Waals surface area contributed by atoms with E-state index in [-0.39, 0.29) is 11.4 Å². The van der Waals surface area contributed by atoms with Crippen LogP contribution in [0.5, 0.6) is 0 Å². The standard InChI is InChI=1S/C22H17N3O3S/c1-14-6-4-9-16(23-14)12-19-21(27)25(22(28)29-19)13-20(26)24-18-11-5-8-15-7-2-3-10-17(15)18/h2-12H,13H2,1H3,(H,24,26)/b19-12+. The molecule has 1 aliphatic rings. The Morgan fingerprint density at radius 3 is 2.66 bits per heavy atom. The van der Waals surface area contributed by atoms with Gasteiger partial charge in [-0.1, -0.05) is 42.5 Å². The summed E-state index contributed by atoms with van der Waals surface area (Å²) in [5.41, 5.74) is 2.04. The number of carbonyl (C=O) groups excluding carboxylic acids is 3. The van der Waals surface area contributed by atoms with Gasteiger partial charge in [0.25, 0.3) is 11.1 Å². The lowest BCUT2D eigenvalue weighted by atomic mass is 10.1. The van der Waals surface area contributed by atoms with Gasteiger partial charge in [-0.3, -0.25) is 24.3 Å². The van der Waals surface area contributed by atoms with E-state index in [9.17, 15) is 14.4 Å². The molecule has 7 heteroatoms. The average molecular weight is 403 g/mol. The molecule has 6 nitrogen and oxygen atoms in total. The van der Waals surface area contributed by atoms with E-state index in [1.807, 2.05) is 55.5 Å². The van der Waals surface area contributed by atoms with Gasteiger partial charge in [-0.15, -0.1) is 0 Å². The number of anilines is 1. The van der Waals surface area contributed by atoms with Crippen molar-refractivity contribution in [2.75, 3.05) is 11.9 Å². The van der Waals surface area contributed by atoms with Gasteiger partial charge in [0.1, 0.15) is 6.54 Å². The van der Waals surface area contributed by atoms with Gasteiger partial charge in [0.05, 0.1) is 10.6 Å². The molecule has 1 N–H and O–H groups in total. The van der Waals surface area contributed by atoms with E-state index in [1.54, 1.807) is 18.2 Å². The summed E-state index contributed by atoms with van der Waals surface area (Å²) in [4.78, 5) is 42.9. The van der Waals surface area contributed by atoms with E-state index in [0.29, 0.717) is 11.4 Å². The molecule has 4 rings (SSSR count). The predicted molar refractivity (Wildman–Crippen MR) is 114 cm³/mol. The summed E-state index contributed by atoms with van der Waals surface area (Å²) in [6.07, 6.45) is 1.57. The molecular weight excluding hydrogens is 386 g/mol. The first-order valence-corrected chi connectivity index (χ1v) is 9.79. The van der Waals surface area contributed by atoms with Crippen molar-refractivity contribution in [1.82, 2.24) is 9.88 Å². The lowest BCUT2D eigenvalue weighted by molar-refractivity contribution is -0.127. The van der Waals surface area contributed by atoms with Gasteiger partial charge >= 0.3 is 0 Å². The van der Waals surface area contributed by atoms with Crippen LogP contribution in [0.15, 0.2) is 65.6 Å². The number of pyridine rings is 1. The molecule has 0 bridgehead atoms. The number of hydrogen-bond donors (Lipinski definition) is 1. The smallest absolute Gasteiger partial charge is 0.294 e. The summed E-state index contributed by atoms with van der Waals surface area (Å²) in [5.74, 6) is -0.921. The predicted octanol–water partition coefficient (Wildman–Crippen LogP) is 4.22. The van der Waals surface area contributed by atoms with E-state index in [1.165, 1.54) is 0 Å². The molecular formula is C22H17N3O3S. The van der Waals surface area contributed by atoms with Gasteiger partial charge in [-0.25, -0.2) is 0 Å². The normalized spacial score (nSPS) is 15.3. The quantitative estimate of drug-likeness (QED) is 0.660. The Bertz CT molecular complexity index is 1170. The van der Waals surface area contributed by atoms with Crippen molar-refractivity contribution >= 4 is 51.4 Å². The summed E-state index contributed by atoms with van der Waals surface area (Å²) in [6, 6.07) is 18.7. The fourth-order valence-electron chi connectivity index (χ4n) is 3.08. The van der Waals surface area contributed by atoms with Crippen LogP contribution >= 0.6 is 11.8 Å². The summed E-state index contributed by atoms with van der Waals surface area (Å²) in [6.45, 7) is 1.51. The zero-order valence-electron chi connectivity index (χ0n) is 15.6. The first kappa shape index (κ1) is 18.9. The second kappa shape index (κ2) is 7.89. The van der Waals surface area contributed by atoms with E-state index in [0.717, 1.165) is 33.1 Å². The van der Waals surface area contributed by atoms with Crippen LogP contribution in [0.2, 0.25) is 0 Å². The third-order valence-corrected chi connectivity index (χ3v) is 5.34. The molecule has 29 heavy (non-hydrogen) atoms. The molecule has 0 atom stereocenters. The third kappa shape index (κ3) is 4.05. The first-order chi connectivity index (χ1) is 14.0. The fourth-order valence-corrected chi connectivity index (χ4v) is 3.91. The monoisotopic (exact) mass is 403 g/mol. The summed E-state index contributed by atoms with van der Waals surface area (Å²) in [7, 11) is 0. The van der Waals surface area contributed by atoms with Crippen molar-refractivity contribution < 1.29 is 14.4 Å². The Morgan fingerprint density at radius 2 is 1.83 bits per heavy atom. The maximum absolute atomic E-state index is 12.6. The summed E-state index contributed by atoms with van der Waals surface area (Å²) >= 11 is 0.812. The second-order valence-corrected chi connectivity index (χ2v) is 7.54. The van der Waals surface area contributed by atoms with Gasteiger partial charge in [0.2, 0.25) is 5.91 Å². The maximum atomic E-state index is 12.6. The van der Waals surface area contributed by atoms with E-state index >= 15 is 0 Å². The largest absolute Gasteiger partial charge is 0.324 e. The zero-order valence-corrected chi connectivity index (χ0v) is 16.4. The minimum absolute atomic E-state index is 0.256. The molecule has 1 aromatic heterocycles. The Labute approximate surface area is 171 Å². The highest BCUT2D eigenvalue weighted by Gasteiger charge is 2.36. The summed E-state index contributed by atoms with van der Waals surface area (Å²) in [5, 5.41) is 4.21. The number of thioether (sulfide) groups is 1. The number of aryl methyl sites for hydroxylation is 1. The van der Waals surface area contributed by atoms with Crippen LogP contribution in [-0.2, 0) is 9.59 Å². The molecule has 0 spiro atoms. The van der Waals surface area contributed by atoms with Crippen molar-refractivity contribution in [3.63, 3.8) is 0 Å². The van der Waals surface area contributed by atoms with Gasteiger partial charge in [-0.05, 0) is 48.3 Å². The molecule has 1 aliphatic heterocycles. The Balaban J connectivity index is 1.49. The van der Waals surface area contributed by atoms with Crippen LogP contribution < -0.4 is 5.32 Å². The SMILES string of the molecule is Cc1cccc(/C=C2/SC(=O)N(CC(=O)Nc3cccc4ccccc34)C2=O)n1. The third-order valence-electron chi connectivity index (χ3n) is 4.43. The van der Waals surface area contributed by atoms with Crippen molar-refractivity contribution in [1.29, 1.82) is 0 Å². The minimum atomic E-state index is -0.489. The maximum Gasteiger partial charge on any atom is 0.294 e. The number of nitrogens with one attached hydrogen (secondary N) is 1. The fraction of sp³-hybridized carbons (Fsp3) is 0.0909. The number of aromatic nitrogens is 1.